The molecule has 3 atom stereocenters. The zero-order chi connectivity index (χ0) is 12.4. The summed E-state index contributed by atoms with van der Waals surface area (Å²) in [5.41, 5.74) is 7.48. The van der Waals surface area contributed by atoms with E-state index in [-0.39, 0.29) is 0 Å². The molecular formula is C14H21IN2. The van der Waals surface area contributed by atoms with Gasteiger partial charge in [0.2, 0.25) is 0 Å². The zero-order valence-electron chi connectivity index (χ0n) is 10.6. The molecule has 1 fully saturated rings. The Labute approximate surface area is 118 Å². The molecule has 1 heterocycles. The normalized spacial score (nSPS) is 28.0. The van der Waals surface area contributed by atoms with Crippen molar-refractivity contribution >= 4 is 22.6 Å². The fraction of sp³-hybridized carbons (Fsp3) is 0.571. The fourth-order valence-corrected chi connectivity index (χ4v) is 2.86. The second-order valence-corrected chi connectivity index (χ2v) is 6.40. The quantitative estimate of drug-likeness (QED) is 0.836. The molecule has 1 aromatic rings. The summed E-state index contributed by atoms with van der Waals surface area (Å²) in [6, 6.07) is 9.74. The van der Waals surface area contributed by atoms with Crippen molar-refractivity contribution in [2.45, 2.75) is 32.4 Å². The lowest BCUT2D eigenvalue weighted by molar-refractivity contribution is 0.124. The number of likely N-dealkylation sites (tertiary alicyclic amines) is 1. The van der Waals surface area contributed by atoms with Crippen molar-refractivity contribution < 1.29 is 0 Å². The van der Waals surface area contributed by atoms with Gasteiger partial charge in [-0.15, -0.1) is 0 Å². The van der Waals surface area contributed by atoms with Crippen molar-refractivity contribution in [1.82, 2.24) is 4.90 Å². The number of hydrogen-bond acceptors (Lipinski definition) is 2. The Morgan fingerprint density at radius 3 is 2.59 bits per heavy atom. The van der Waals surface area contributed by atoms with Crippen molar-refractivity contribution in [3.8, 4) is 0 Å². The van der Waals surface area contributed by atoms with Gasteiger partial charge in [-0.1, -0.05) is 19.1 Å². The predicted octanol–water partition coefficient (Wildman–Crippen LogP) is 3.02. The molecule has 0 amide bonds. The van der Waals surface area contributed by atoms with Crippen LogP contribution in [0.25, 0.3) is 0 Å². The van der Waals surface area contributed by atoms with Gasteiger partial charge in [-0.2, -0.15) is 0 Å². The average Bonchev–Trinajstić information content (AvgIpc) is 2.33. The molecule has 2 N–H and O–H groups in total. The first kappa shape index (κ1) is 13.3. The molecule has 17 heavy (non-hydrogen) atoms. The molecule has 1 aliphatic rings. The number of nitrogens with zero attached hydrogens (tertiary/aromatic N) is 1. The number of benzene rings is 1. The second kappa shape index (κ2) is 5.67. The summed E-state index contributed by atoms with van der Waals surface area (Å²) in [4.78, 5) is 2.55. The molecule has 2 nitrogen and oxygen atoms in total. The van der Waals surface area contributed by atoms with Crippen LogP contribution in [0, 0.1) is 9.49 Å². The summed E-state index contributed by atoms with van der Waals surface area (Å²) >= 11 is 2.35. The van der Waals surface area contributed by atoms with E-state index >= 15 is 0 Å². The molecule has 0 aliphatic carbocycles. The molecule has 1 saturated heterocycles. The Bertz CT molecular complexity index is 363. The Balaban J connectivity index is 2.05. The average molecular weight is 344 g/mol. The highest BCUT2D eigenvalue weighted by Crippen LogP contribution is 2.26. The molecule has 0 saturated carbocycles. The third-order valence-electron chi connectivity index (χ3n) is 3.90. The number of rotatable bonds is 2. The summed E-state index contributed by atoms with van der Waals surface area (Å²) < 4.78 is 1.30. The van der Waals surface area contributed by atoms with E-state index in [0.29, 0.717) is 18.0 Å². The largest absolute Gasteiger partial charge is 0.327 e. The van der Waals surface area contributed by atoms with Crippen LogP contribution in [0.4, 0.5) is 0 Å². The third kappa shape index (κ3) is 3.20. The molecule has 0 radical (unpaired) electrons. The second-order valence-electron chi connectivity index (χ2n) is 5.15. The first-order valence-corrected chi connectivity index (χ1v) is 7.41. The van der Waals surface area contributed by atoms with Gasteiger partial charge in [0.05, 0.1) is 0 Å². The van der Waals surface area contributed by atoms with Crippen LogP contribution in [-0.2, 0) is 0 Å². The van der Waals surface area contributed by atoms with Gasteiger partial charge >= 0.3 is 0 Å². The van der Waals surface area contributed by atoms with Crippen LogP contribution in [0.5, 0.6) is 0 Å². The Morgan fingerprint density at radius 1 is 1.35 bits per heavy atom. The van der Waals surface area contributed by atoms with E-state index in [2.05, 4.69) is 65.6 Å². The molecule has 1 aromatic carbocycles. The first-order valence-electron chi connectivity index (χ1n) is 6.33. The molecule has 2 rings (SSSR count). The predicted molar refractivity (Wildman–Crippen MR) is 80.9 cm³/mol. The van der Waals surface area contributed by atoms with Crippen molar-refractivity contribution in [1.29, 1.82) is 0 Å². The lowest BCUT2D eigenvalue weighted by Gasteiger charge is -2.38. The van der Waals surface area contributed by atoms with Gasteiger partial charge in [0.25, 0.3) is 0 Å². The van der Waals surface area contributed by atoms with E-state index in [1.807, 2.05) is 0 Å². The fourth-order valence-electron chi connectivity index (χ4n) is 2.50. The van der Waals surface area contributed by atoms with Crippen LogP contribution >= 0.6 is 22.6 Å². The van der Waals surface area contributed by atoms with Crippen LogP contribution in [0.2, 0.25) is 0 Å². The Morgan fingerprint density at radius 2 is 2.00 bits per heavy atom. The number of piperidine rings is 1. The molecule has 3 unspecified atom stereocenters. The summed E-state index contributed by atoms with van der Waals surface area (Å²) in [7, 11) is 0. The Hall–Kier alpha value is -0.130. The molecule has 0 spiro atoms. The summed E-state index contributed by atoms with van der Waals surface area (Å²) in [5.74, 6) is 0.607. The number of nitrogens with two attached hydrogens (primary N) is 1. The van der Waals surface area contributed by atoms with E-state index in [1.165, 1.54) is 9.13 Å². The third-order valence-corrected chi connectivity index (χ3v) is 4.62. The van der Waals surface area contributed by atoms with Gasteiger partial charge in [0.1, 0.15) is 0 Å². The van der Waals surface area contributed by atoms with Gasteiger partial charge in [-0.3, -0.25) is 4.90 Å². The number of hydrogen-bond donors (Lipinski definition) is 1. The lowest BCUT2D eigenvalue weighted by atomic mass is 9.93. The maximum Gasteiger partial charge on any atom is 0.0320 e. The molecular weight excluding hydrogens is 323 g/mol. The van der Waals surface area contributed by atoms with Crippen molar-refractivity contribution in [2.24, 2.45) is 11.7 Å². The van der Waals surface area contributed by atoms with Crippen molar-refractivity contribution in [2.75, 3.05) is 13.1 Å². The molecule has 1 aliphatic heterocycles. The highest BCUT2D eigenvalue weighted by molar-refractivity contribution is 14.1. The van der Waals surface area contributed by atoms with Gasteiger partial charge < -0.3 is 5.73 Å². The summed E-state index contributed by atoms with van der Waals surface area (Å²) in [6.07, 6.45) is 1.12. The smallest absolute Gasteiger partial charge is 0.0320 e. The highest BCUT2D eigenvalue weighted by atomic mass is 127. The van der Waals surface area contributed by atoms with Crippen molar-refractivity contribution in [3.05, 3.63) is 33.4 Å². The van der Waals surface area contributed by atoms with E-state index in [1.54, 1.807) is 0 Å². The van der Waals surface area contributed by atoms with E-state index in [4.69, 9.17) is 5.73 Å². The minimum Gasteiger partial charge on any atom is -0.327 e. The van der Waals surface area contributed by atoms with E-state index < -0.39 is 0 Å². The maximum atomic E-state index is 6.07. The number of halogens is 1. The van der Waals surface area contributed by atoms with Gasteiger partial charge in [-0.25, -0.2) is 0 Å². The highest BCUT2D eigenvalue weighted by Gasteiger charge is 2.26. The van der Waals surface area contributed by atoms with Gasteiger partial charge in [0.15, 0.2) is 0 Å². The topological polar surface area (TPSA) is 29.3 Å². The molecule has 0 aromatic heterocycles. The van der Waals surface area contributed by atoms with Crippen molar-refractivity contribution in [3.63, 3.8) is 0 Å². The molecule has 3 heteroatoms. The monoisotopic (exact) mass is 344 g/mol. The van der Waals surface area contributed by atoms with E-state index in [0.717, 1.165) is 19.5 Å². The lowest BCUT2D eigenvalue weighted by Crippen LogP contribution is -2.46. The standard InChI is InChI=1S/C14H21IN2/c1-10-9-17(8-7-14(10)16)11(2)12-3-5-13(15)6-4-12/h3-6,10-11,14H,7-9,16H2,1-2H3. The van der Waals surface area contributed by atoms with Gasteiger partial charge in [0, 0.05) is 28.7 Å². The van der Waals surface area contributed by atoms with Crippen LogP contribution in [0.15, 0.2) is 24.3 Å². The SMILES string of the molecule is CC1CN(C(C)c2ccc(I)cc2)CCC1N. The summed E-state index contributed by atoms with van der Waals surface area (Å²) in [6.45, 7) is 6.80. The first-order chi connectivity index (χ1) is 8.08. The van der Waals surface area contributed by atoms with Crippen LogP contribution in [-0.4, -0.2) is 24.0 Å². The van der Waals surface area contributed by atoms with Crippen LogP contribution < -0.4 is 5.73 Å². The molecule has 94 valence electrons. The van der Waals surface area contributed by atoms with E-state index in [9.17, 15) is 0 Å². The molecule has 0 bridgehead atoms. The minimum atomic E-state index is 0.384. The Kier molecular flexibility index (Phi) is 4.44. The van der Waals surface area contributed by atoms with Crippen LogP contribution in [0.1, 0.15) is 31.9 Å². The zero-order valence-corrected chi connectivity index (χ0v) is 12.7. The summed E-state index contributed by atoms with van der Waals surface area (Å²) in [5, 5.41) is 0. The maximum absolute atomic E-state index is 6.07. The minimum absolute atomic E-state index is 0.384. The van der Waals surface area contributed by atoms with Crippen LogP contribution in [0.3, 0.4) is 0 Å². The van der Waals surface area contributed by atoms with Gasteiger partial charge in [-0.05, 0) is 59.5 Å².